The summed E-state index contributed by atoms with van der Waals surface area (Å²) in [7, 11) is 0. The number of aromatic amines is 1. The average Bonchev–Trinajstić information content (AvgIpc) is 2.48. The summed E-state index contributed by atoms with van der Waals surface area (Å²) >= 11 is 1.41. The molecular weight excluding hydrogens is 284 g/mol. The zero-order valence-electron chi connectivity index (χ0n) is 12.0. The normalized spacial score (nSPS) is 10.5. The lowest BCUT2D eigenvalue weighted by molar-refractivity contribution is 0.0989. The van der Waals surface area contributed by atoms with Gasteiger partial charge in [0.25, 0.3) is 5.56 Å². The van der Waals surface area contributed by atoms with Crippen LogP contribution in [0.3, 0.4) is 0 Å². The summed E-state index contributed by atoms with van der Waals surface area (Å²) in [4.78, 5) is 30.6. The molecule has 0 aliphatic heterocycles. The fourth-order valence-corrected chi connectivity index (χ4v) is 2.78. The molecule has 0 atom stereocenters. The van der Waals surface area contributed by atoms with E-state index in [1.54, 1.807) is 0 Å². The zero-order valence-corrected chi connectivity index (χ0v) is 12.8. The first-order valence-corrected chi connectivity index (χ1v) is 7.99. The lowest BCUT2D eigenvalue weighted by Gasteiger charge is -2.03. The second-order valence-electron chi connectivity index (χ2n) is 4.68. The van der Waals surface area contributed by atoms with Crippen molar-refractivity contribution in [2.24, 2.45) is 0 Å². The van der Waals surface area contributed by atoms with Crippen LogP contribution in [0, 0.1) is 0 Å². The van der Waals surface area contributed by atoms with Gasteiger partial charge in [0.15, 0.2) is 10.9 Å². The van der Waals surface area contributed by atoms with E-state index >= 15 is 0 Å². The highest BCUT2D eigenvalue weighted by molar-refractivity contribution is 7.99. The summed E-state index contributed by atoms with van der Waals surface area (Å²) in [5, 5.41) is 0.590. The van der Waals surface area contributed by atoms with Gasteiger partial charge in [0.1, 0.15) is 0 Å². The molecule has 1 aromatic carbocycles. The van der Waals surface area contributed by atoms with E-state index in [9.17, 15) is 9.59 Å². The van der Waals surface area contributed by atoms with E-state index in [4.69, 9.17) is 0 Å². The first-order valence-electron chi connectivity index (χ1n) is 7.00. The third kappa shape index (κ3) is 4.86. The topological polar surface area (TPSA) is 62.8 Å². The smallest absolute Gasteiger partial charge is 0.251 e. The van der Waals surface area contributed by atoms with Gasteiger partial charge in [-0.2, -0.15) is 0 Å². The maximum absolute atomic E-state index is 12.0. The maximum atomic E-state index is 12.0. The molecule has 1 heterocycles. The lowest BCUT2D eigenvalue weighted by atomic mass is 10.1. The Morgan fingerprint density at radius 2 is 2.05 bits per heavy atom. The number of aromatic nitrogens is 2. The van der Waals surface area contributed by atoms with Crippen LogP contribution < -0.4 is 5.56 Å². The summed E-state index contributed by atoms with van der Waals surface area (Å²) in [5.41, 5.74) is 1.39. The van der Waals surface area contributed by atoms with Crippen molar-refractivity contribution in [2.45, 2.75) is 31.3 Å². The Labute approximate surface area is 128 Å². The Hall–Kier alpha value is -1.88. The van der Waals surface area contributed by atoms with Gasteiger partial charge in [0.05, 0.1) is 0 Å². The van der Waals surface area contributed by atoms with Crippen molar-refractivity contribution in [3.8, 4) is 0 Å². The molecule has 0 unspecified atom stereocenters. The van der Waals surface area contributed by atoms with Crippen LogP contribution in [-0.4, -0.2) is 21.5 Å². The number of Topliss-reactive ketones (excluding diaryl/α,β-unsaturated/α-hetero) is 1. The van der Waals surface area contributed by atoms with Gasteiger partial charge in [-0.15, -0.1) is 0 Å². The number of carbonyl (C=O) groups excluding carboxylic acids is 1. The monoisotopic (exact) mass is 302 g/mol. The molecule has 2 rings (SSSR count). The molecule has 21 heavy (non-hydrogen) atoms. The second-order valence-corrected chi connectivity index (χ2v) is 5.76. The molecule has 1 N–H and O–H groups in total. The minimum Gasteiger partial charge on any atom is -0.301 e. The molecular formula is C16H18N2O2S. The quantitative estimate of drug-likeness (QED) is 0.485. The SMILES string of the molecule is CCCc1cc(=O)[nH]c(SCCC(=O)c2ccccc2)n1. The van der Waals surface area contributed by atoms with E-state index in [1.165, 1.54) is 17.8 Å². The van der Waals surface area contributed by atoms with Gasteiger partial charge < -0.3 is 4.98 Å². The predicted octanol–water partition coefficient (Wildman–Crippen LogP) is 3.09. The number of ketones is 1. The summed E-state index contributed by atoms with van der Waals surface area (Å²) in [6.45, 7) is 2.05. The number of nitrogens with zero attached hydrogens (tertiary/aromatic N) is 1. The van der Waals surface area contributed by atoms with Crippen molar-refractivity contribution in [1.82, 2.24) is 9.97 Å². The van der Waals surface area contributed by atoms with E-state index in [-0.39, 0.29) is 11.3 Å². The first kappa shape index (κ1) is 15.5. The molecule has 0 amide bonds. The predicted molar refractivity (Wildman–Crippen MR) is 85.0 cm³/mol. The van der Waals surface area contributed by atoms with E-state index in [2.05, 4.69) is 9.97 Å². The summed E-state index contributed by atoms with van der Waals surface area (Å²) in [5.74, 6) is 0.710. The fraction of sp³-hybridized carbons (Fsp3) is 0.312. The number of rotatable bonds is 7. The largest absolute Gasteiger partial charge is 0.301 e. The summed E-state index contributed by atoms with van der Waals surface area (Å²) < 4.78 is 0. The van der Waals surface area contributed by atoms with Crippen LogP contribution in [-0.2, 0) is 6.42 Å². The van der Waals surface area contributed by atoms with Crippen LogP contribution in [0.25, 0.3) is 0 Å². The molecule has 4 nitrogen and oxygen atoms in total. The minimum atomic E-state index is -0.134. The van der Waals surface area contributed by atoms with Crippen molar-refractivity contribution >= 4 is 17.5 Å². The van der Waals surface area contributed by atoms with Gasteiger partial charge >= 0.3 is 0 Å². The molecule has 1 aromatic heterocycles. The van der Waals surface area contributed by atoms with Gasteiger partial charge in [0, 0.05) is 29.5 Å². The minimum absolute atomic E-state index is 0.107. The van der Waals surface area contributed by atoms with Crippen molar-refractivity contribution in [3.63, 3.8) is 0 Å². The van der Waals surface area contributed by atoms with Crippen LogP contribution in [0.1, 0.15) is 35.8 Å². The molecule has 0 spiro atoms. The molecule has 5 heteroatoms. The number of carbonyl (C=O) groups is 1. The second kappa shape index (κ2) is 7.78. The molecule has 2 aromatic rings. The number of H-pyrrole nitrogens is 1. The number of benzene rings is 1. The Morgan fingerprint density at radius 1 is 1.29 bits per heavy atom. The fourth-order valence-electron chi connectivity index (χ4n) is 1.94. The number of nitrogens with one attached hydrogen (secondary N) is 1. The molecule has 0 aliphatic rings. The molecule has 0 saturated heterocycles. The Bertz CT molecular complexity index is 653. The van der Waals surface area contributed by atoms with Crippen molar-refractivity contribution in [3.05, 3.63) is 58.0 Å². The van der Waals surface area contributed by atoms with Crippen LogP contribution in [0.5, 0.6) is 0 Å². The molecule has 0 bridgehead atoms. The van der Waals surface area contributed by atoms with Gasteiger partial charge in [0.2, 0.25) is 0 Å². The number of hydrogen-bond donors (Lipinski definition) is 1. The standard InChI is InChI=1S/C16H18N2O2S/c1-2-6-13-11-15(20)18-16(17-13)21-10-9-14(19)12-7-4-3-5-8-12/h3-5,7-8,11H,2,6,9-10H2,1H3,(H,17,18,20). The molecule has 0 fully saturated rings. The Morgan fingerprint density at radius 3 is 2.76 bits per heavy atom. The maximum Gasteiger partial charge on any atom is 0.251 e. The van der Waals surface area contributed by atoms with Gasteiger partial charge in [-0.3, -0.25) is 9.59 Å². The Balaban J connectivity index is 1.91. The van der Waals surface area contributed by atoms with Crippen LogP contribution >= 0.6 is 11.8 Å². The third-order valence-electron chi connectivity index (χ3n) is 2.94. The van der Waals surface area contributed by atoms with Crippen LogP contribution in [0.2, 0.25) is 0 Å². The third-order valence-corrected chi connectivity index (χ3v) is 3.82. The van der Waals surface area contributed by atoms with Crippen LogP contribution in [0.4, 0.5) is 0 Å². The molecule has 110 valence electrons. The van der Waals surface area contributed by atoms with Crippen molar-refractivity contribution < 1.29 is 4.79 Å². The highest BCUT2D eigenvalue weighted by Crippen LogP contribution is 2.15. The number of hydrogen-bond acceptors (Lipinski definition) is 4. The van der Waals surface area contributed by atoms with E-state index in [0.29, 0.717) is 17.3 Å². The van der Waals surface area contributed by atoms with Gasteiger partial charge in [-0.05, 0) is 6.42 Å². The van der Waals surface area contributed by atoms with Crippen molar-refractivity contribution in [2.75, 3.05) is 5.75 Å². The Kier molecular flexibility index (Phi) is 5.75. The van der Waals surface area contributed by atoms with Gasteiger partial charge in [-0.1, -0.05) is 55.4 Å². The summed E-state index contributed by atoms with van der Waals surface area (Å²) in [6, 6.07) is 10.8. The first-order chi connectivity index (χ1) is 10.2. The summed E-state index contributed by atoms with van der Waals surface area (Å²) in [6.07, 6.45) is 2.17. The molecule has 0 saturated carbocycles. The molecule has 0 radical (unpaired) electrons. The zero-order chi connectivity index (χ0) is 15.1. The lowest BCUT2D eigenvalue weighted by Crippen LogP contribution is -2.10. The van der Waals surface area contributed by atoms with E-state index < -0.39 is 0 Å². The van der Waals surface area contributed by atoms with E-state index in [1.807, 2.05) is 37.3 Å². The number of thioether (sulfide) groups is 1. The van der Waals surface area contributed by atoms with Crippen LogP contribution in [0.15, 0.2) is 46.3 Å². The van der Waals surface area contributed by atoms with Crippen molar-refractivity contribution in [1.29, 1.82) is 0 Å². The number of aryl methyl sites for hydroxylation is 1. The molecule has 0 aliphatic carbocycles. The van der Waals surface area contributed by atoms with Gasteiger partial charge in [-0.25, -0.2) is 4.98 Å². The highest BCUT2D eigenvalue weighted by atomic mass is 32.2. The highest BCUT2D eigenvalue weighted by Gasteiger charge is 2.07. The van der Waals surface area contributed by atoms with E-state index in [0.717, 1.165) is 24.1 Å². The average molecular weight is 302 g/mol.